The Morgan fingerprint density at radius 2 is 1.89 bits per heavy atom. The van der Waals surface area contributed by atoms with Gasteiger partial charge in [0.15, 0.2) is 0 Å². The SMILES string of the molecule is C1CCC[N@]2C[C@@H]2CC1. The number of nitrogens with zero attached hydrogens (tertiary/aromatic N) is 1. The molecule has 2 heterocycles. The van der Waals surface area contributed by atoms with Crippen molar-refractivity contribution in [2.45, 2.75) is 38.1 Å². The first-order valence-electron chi connectivity index (χ1n) is 4.21. The molecule has 0 N–H and O–H groups in total. The van der Waals surface area contributed by atoms with Gasteiger partial charge in [-0.25, -0.2) is 0 Å². The molecule has 2 rings (SSSR count). The summed E-state index contributed by atoms with van der Waals surface area (Å²) in [7, 11) is 0. The van der Waals surface area contributed by atoms with Crippen molar-refractivity contribution in [1.29, 1.82) is 0 Å². The second kappa shape index (κ2) is 2.30. The molecule has 0 saturated carbocycles. The molecule has 2 aliphatic heterocycles. The van der Waals surface area contributed by atoms with E-state index in [-0.39, 0.29) is 0 Å². The molecule has 0 amide bonds. The van der Waals surface area contributed by atoms with Gasteiger partial charge in [0, 0.05) is 12.6 Å². The zero-order valence-corrected chi connectivity index (χ0v) is 5.97. The Hall–Kier alpha value is -0.0400. The third-order valence-corrected chi connectivity index (χ3v) is 2.56. The fraction of sp³-hybridized carbons (Fsp3) is 1.00. The minimum absolute atomic E-state index is 1.02. The van der Waals surface area contributed by atoms with Crippen molar-refractivity contribution in [3.05, 3.63) is 0 Å². The molecule has 2 saturated heterocycles. The molecule has 52 valence electrons. The molecule has 0 radical (unpaired) electrons. The smallest absolute Gasteiger partial charge is 0.0223 e. The number of hydrogen-bond acceptors (Lipinski definition) is 1. The molecule has 0 unspecified atom stereocenters. The van der Waals surface area contributed by atoms with E-state index in [0.29, 0.717) is 0 Å². The Kier molecular flexibility index (Phi) is 1.46. The van der Waals surface area contributed by atoms with E-state index < -0.39 is 0 Å². The first kappa shape index (κ1) is 5.72. The molecule has 2 aliphatic rings. The van der Waals surface area contributed by atoms with Crippen LogP contribution in [0.1, 0.15) is 32.1 Å². The van der Waals surface area contributed by atoms with Gasteiger partial charge in [-0.3, -0.25) is 4.90 Å². The van der Waals surface area contributed by atoms with Gasteiger partial charge in [-0.05, 0) is 19.4 Å². The lowest BCUT2D eigenvalue weighted by atomic mass is 10.1. The van der Waals surface area contributed by atoms with E-state index in [1.165, 1.54) is 45.2 Å². The minimum atomic E-state index is 1.02. The van der Waals surface area contributed by atoms with Crippen LogP contribution in [0.25, 0.3) is 0 Å². The molecule has 0 spiro atoms. The molecule has 0 aliphatic carbocycles. The topological polar surface area (TPSA) is 3.01 Å². The fourth-order valence-corrected chi connectivity index (χ4v) is 1.82. The third-order valence-electron chi connectivity index (χ3n) is 2.56. The van der Waals surface area contributed by atoms with Crippen LogP contribution in [0, 0.1) is 0 Å². The highest BCUT2D eigenvalue weighted by atomic mass is 15.3. The quantitative estimate of drug-likeness (QED) is 0.445. The highest BCUT2D eigenvalue weighted by Gasteiger charge is 2.32. The average Bonchev–Trinajstić information content (AvgIpc) is 2.46. The van der Waals surface area contributed by atoms with Crippen molar-refractivity contribution in [3.63, 3.8) is 0 Å². The van der Waals surface area contributed by atoms with E-state index in [4.69, 9.17) is 0 Å². The van der Waals surface area contributed by atoms with Crippen molar-refractivity contribution < 1.29 is 0 Å². The summed E-state index contributed by atoms with van der Waals surface area (Å²) in [4.78, 5) is 2.61. The predicted octanol–water partition coefficient (Wildman–Crippen LogP) is 1.63. The van der Waals surface area contributed by atoms with Crippen LogP contribution in [0.3, 0.4) is 0 Å². The molecule has 2 fully saturated rings. The monoisotopic (exact) mass is 125 g/mol. The minimum Gasteiger partial charge on any atom is -0.298 e. The standard InChI is InChI=1S/C8H15N/c1-2-4-6-9-7-8(9)5-3-1/h8H,1-7H2/t8-,9+/m0/s1. The van der Waals surface area contributed by atoms with Crippen LogP contribution in [-0.4, -0.2) is 24.0 Å². The largest absolute Gasteiger partial charge is 0.298 e. The Labute approximate surface area is 57.0 Å². The van der Waals surface area contributed by atoms with Gasteiger partial charge in [0.1, 0.15) is 0 Å². The highest BCUT2D eigenvalue weighted by Crippen LogP contribution is 2.26. The summed E-state index contributed by atoms with van der Waals surface area (Å²) >= 11 is 0. The summed E-state index contributed by atoms with van der Waals surface area (Å²) in [5.74, 6) is 0. The summed E-state index contributed by atoms with van der Waals surface area (Å²) in [5.41, 5.74) is 0. The van der Waals surface area contributed by atoms with Gasteiger partial charge in [-0.1, -0.05) is 19.3 Å². The molecule has 0 aromatic carbocycles. The van der Waals surface area contributed by atoms with Crippen LogP contribution in [0.15, 0.2) is 0 Å². The van der Waals surface area contributed by atoms with Crippen LogP contribution >= 0.6 is 0 Å². The van der Waals surface area contributed by atoms with Gasteiger partial charge < -0.3 is 0 Å². The maximum Gasteiger partial charge on any atom is 0.0223 e. The number of hydrogen-bond donors (Lipinski definition) is 0. The first-order chi connectivity index (χ1) is 4.47. The summed E-state index contributed by atoms with van der Waals surface area (Å²) in [5, 5.41) is 0. The summed E-state index contributed by atoms with van der Waals surface area (Å²) in [6.07, 6.45) is 7.39. The van der Waals surface area contributed by atoms with E-state index in [0.717, 1.165) is 6.04 Å². The molecule has 9 heavy (non-hydrogen) atoms. The molecule has 0 bridgehead atoms. The molecular formula is C8H15N. The predicted molar refractivity (Wildman–Crippen MR) is 38.4 cm³/mol. The van der Waals surface area contributed by atoms with Gasteiger partial charge in [0.05, 0.1) is 0 Å². The van der Waals surface area contributed by atoms with Gasteiger partial charge in [0.25, 0.3) is 0 Å². The third kappa shape index (κ3) is 1.26. The lowest BCUT2D eigenvalue weighted by Crippen LogP contribution is -2.06. The second-order valence-corrected chi connectivity index (χ2v) is 3.35. The van der Waals surface area contributed by atoms with Gasteiger partial charge in [-0.15, -0.1) is 0 Å². The Balaban J connectivity index is 1.81. The maximum atomic E-state index is 2.61. The average molecular weight is 125 g/mol. The molecule has 0 aromatic heterocycles. The molecule has 1 nitrogen and oxygen atoms in total. The molecular weight excluding hydrogens is 110 g/mol. The molecule has 2 atom stereocenters. The van der Waals surface area contributed by atoms with Crippen molar-refractivity contribution in [2.75, 3.05) is 13.1 Å². The van der Waals surface area contributed by atoms with E-state index in [9.17, 15) is 0 Å². The highest BCUT2D eigenvalue weighted by molar-refractivity contribution is 4.89. The van der Waals surface area contributed by atoms with Crippen molar-refractivity contribution in [3.8, 4) is 0 Å². The lowest BCUT2D eigenvalue weighted by Gasteiger charge is -2.07. The van der Waals surface area contributed by atoms with Crippen molar-refractivity contribution in [2.24, 2.45) is 0 Å². The van der Waals surface area contributed by atoms with Gasteiger partial charge in [0.2, 0.25) is 0 Å². The van der Waals surface area contributed by atoms with Crippen LogP contribution in [0.2, 0.25) is 0 Å². The first-order valence-corrected chi connectivity index (χ1v) is 4.21. The van der Waals surface area contributed by atoms with Crippen LogP contribution in [-0.2, 0) is 0 Å². The summed E-state index contributed by atoms with van der Waals surface area (Å²) in [6, 6.07) is 1.02. The Bertz CT molecular complexity index is 88.7. The zero-order valence-electron chi connectivity index (χ0n) is 5.97. The molecule has 0 aromatic rings. The lowest BCUT2D eigenvalue weighted by molar-refractivity contribution is 0.424. The zero-order chi connectivity index (χ0) is 6.10. The van der Waals surface area contributed by atoms with E-state index in [1.54, 1.807) is 0 Å². The van der Waals surface area contributed by atoms with Gasteiger partial charge >= 0.3 is 0 Å². The second-order valence-electron chi connectivity index (χ2n) is 3.35. The summed E-state index contributed by atoms with van der Waals surface area (Å²) < 4.78 is 0. The Morgan fingerprint density at radius 3 is 2.89 bits per heavy atom. The maximum absolute atomic E-state index is 2.61. The molecule has 1 heteroatoms. The van der Waals surface area contributed by atoms with E-state index in [1.807, 2.05) is 0 Å². The van der Waals surface area contributed by atoms with E-state index >= 15 is 0 Å². The normalized spacial score (nSPS) is 42.7. The van der Waals surface area contributed by atoms with Crippen LogP contribution in [0.5, 0.6) is 0 Å². The Morgan fingerprint density at radius 1 is 1.00 bits per heavy atom. The van der Waals surface area contributed by atoms with Gasteiger partial charge in [-0.2, -0.15) is 0 Å². The van der Waals surface area contributed by atoms with Crippen LogP contribution < -0.4 is 0 Å². The van der Waals surface area contributed by atoms with Crippen LogP contribution in [0.4, 0.5) is 0 Å². The van der Waals surface area contributed by atoms with E-state index in [2.05, 4.69) is 4.90 Å². The number of fused-ring (bicyclic) bond motifs is 1. The summed E-state index contributed by atoms with van der Waals surface area (Å²) in [6.45, 7) is 2.81. The number of rotatable bonds is 0. The van der Waals surface area contributed by atoms with Crippen molar-refractivity contribution in [1.82, 2.24) is 4.90 Å². The fourth-order valence-electron chi connectivity index (χ4n) is 1.82. The van der Waals surface area contributed by atoms with Crippen molar-refractivity contribution >= 4 is 0 Å².